The Morgan fingerprint density at radius 2 is 1.16 bits per heavy atom. The molecule has 7 aromatic rings. The van der Waals surface area contributed by atoms with Crippen LogP contribution in [0.25, 0.3) is 50.2 Å². The van der Waals surface area contributed by atoms with E-state index in [2.05, 4.69) is 86.7 Å². The van der Waals surface area contributed by atoms with Crippen LogP contribution in [0.15, 0.2) is 146 Å². The normalized spacial score (nSPS) is 16.6. The molecule has 2 aliphatic rings. The van der Waals surface area contributed by atoms with E-state index >= 15 is 4.39 Å². The maximum Gasteiger partial charge on any atom is 0.178 e. The predicted molar refractivity (Wildman–Crippen MR) is 202 cm³/mol. The summed E-state index contributed by atoms with van der Waals surface area (Å²) >= 11 is 0. The van der Waals surface area contributed by atoms with Crippen molar-refractivity contribution in [1.29, 1.82) is 0 Å². The Labute approximate surface area is 296 Å². The van der Waals surface area contributed by atoms with Gasteiger partial charge in [-0.25, -0.2) is 8.78 Å². The Balaban J connectivity index is 1.21. The minimum Gasteiger partial charge on any atom is -0.497 e. The van der Waals surface area contributed by atoms with Crippen LogP contribution in [0.3, 0.4) is 0 Å². The molecule has 0 saturated heterocycles. The van der Waals surface area contributed by atoms with Crippen LogP contribution in [0.4, 0.5) is 8.78 Å². The third-order valence-electron chi connectivity index (χ3n) is 10.7. The standard InChI is InChI=1S/C47H34F2O2/c1-46(2)42-28-36(49)20-24-39(42)43-38-23-19-35(48)27-41(38)45-40(44(43)46)25-26-47(51-45,34-17-21-37(50-3)22-18-34)33-15-13-32(14-16-33)31-11-9-30(10-12-31)29-7-5-4-6-8-29/h4-28H,1-3H3. The van der Waals surface area contributed by atoms with Gasteiger partial charge in [-0.05, 0) is 92.4 Å². The smallest absolute Gasteiger partial charge is 0.178 e. The molecule has 4 heteroatoms. The lowest BCUT2D eigenvalue weighted by Gasteiger charge is -2.38. The van der Waals surface area contributed by atoms with Crippen molar-refractivity contribution >= 4 is 16.8 Å². The molecule has 1 heterocycles. The second kappa shape index (κ2) is 11.5. The summed E-state index contributed by atoms with van der Waals surface area (Å²) in [5.41, 5.74) is 9.60. The van der Waals surface area contributed by atoms with E-state index in [4.69, 9.17) is 9.47 Å². The number of benzene rings is 7. The molecule has 51 heavy (non-hydrogen) atoms. The van der Waals surface area contributed by atoms with E-state index in [0.29, 0.717) is 11.1 Å². The quantitative estimate of drug-likeness (QED) is 0.182. The highest BCUT2D eigenvalue weighted by atomic mass is 19.1. The summed E-state index contributed by atoms with van der Waals surface area (Å²) in [6.45, 7) is 4.24. The van der Waals surface area contributed by atoms with E-state index in [0.717, 1.165) is 61.2 Å². The van der Waals surface area contributed by atoms with Crippen LogP contribution in [0, 0.1) is 11.6 Å². The third kappa shape index (κ3) is 4.81. The monoisotopic (exact) mass is 668 g/mol. The van der Waals surface area contributed by atoms with Crippen molar-refractivity contribution in [3.05, 3.63) is 185 Å². The fraction of sp³-hybridized carbons (Fsp3) is 0.106. The Morgan fingerprint density at radius 3 is 1.80 bits per heavy atom. The van der Waals surface area contributed by atoms with Gasteiger partial charge in [0.2, 0.25) is 0 Å². The van der Waals surface area contributed by atoms with Crippen LogP contribution in [0.2, 0.25) is 0 Å². The molecule has 0 fully saturated rings. The molecule has 0 saturated carbocycles. The molecule has 0 amide bonds. The molecular weight excluding hydrogens is 635 g/mol. The average molecular weight is 669 g/mol. The van der Waals surface area contributed by atoms with Gasteiger partial charge in [0.1, 0.15) is 23.1 Å². The first-order valence-electron chi connectivity index (χ1n) is 17.2. The van der Waals surface area contributed by atoms with Gasteiger partial charge in [-0.3, -0.25) is 0 Å². The Bertz CT molecular complexity index is 2500. The Kier molecular flexibility index (Phi) is 7.01. The molecule has 2 nitrogen and oxygen atoms in total. The number of halogens is 2. The van der Waals surface area contributed by atoms with Crippen LogP contribution >= 0.6 is 0 Å². The predicted octanol–water partition coefficient (Wildman–Crippen LogP) is 12.1. The van der Waals surface area contributed by atoms with E-state index in [-0.39, 0.29) is 11.6 Å². The van der Waals surface area contributed by atoms with Gasteiger partial charge in [-0.2, -0.15) is 0 Å². The minimum atomic E-state index is -1.04. The summed E-state index contributed by atoms with van der Waals surface area (Å²) in [6, 6.07) is 45.2. The molecule has 1 atom stereocenters. The average Bonchev–Trinajstić information content (AvgIpc) is 3.41. The van der Waals surface area contributed by atoms with E-state index < -0.39 is 11.0 Å². The molecule has 0 N–H and O–H groups in total. The highest BCUT2D eigenvalue weighted by molar-refractivity contribution is 6.08. The lowest BCUT2D eigenvalue weighted by atomic mass is 9.76. The lowest BCUT2D eigenvalue weighted by molar-refractivity contribution is 0.163. The van der Waals surface area contributed by atoms with Gasteiger partial charge in [-0.15, -0.1) is 0 Å². The van der Waals surface area contributed by atoms with Crippen molar-refractivity contribution in [2.45, 2.75) is 24.9 Å². The van der Waals surface area contributed by atoms with Gasteiger partial charge >= 0.3 is 0 Å². The summed E-state index contributed by atoms with van der Waals surface area (Å²) in [7, 11) is 1.65. The molecule has 1 aliphatic carbocycles. The number of hydrogen-bond donors (Lipinski definition) is 0. The van der Waals surface area contributed by atoms with Gasteiger partial charge in [0.05, 0.1) is 7.11 Å². The van der Waals surface area contributed by atoms with Crippen LogP contribution in [0.1, 0.15) is 41.7 Å². The van der Waals surface area contributed by atoms with Crippen molar-refractivity contribution < 1.29 is 18.3 Å². The van der Waals surface area contributed by atoms with Crippen LogP contribution in [0.5, 0.6) is 11.5 Å². The molecule has 0 radical (unpaired) electrons. The van der Waals surface area contributed by atoms with Crippen molar-refractivity contribution in [2.75, 3.05) is 7.11 Å². The second-order valence-corrected chi connectivity index (χ2v) is 13.9. The van der Waals surface area contributed by atoms with Gasteiger partial charge in [0, 0.05) is 27.5 Å². The Morgan fingerprint density at radius 1 is 0.588 bits per heavy atom. The first-order chi connectivity index (χ1) is 24.8. The van der Waals surface area contributed by atoms with Gasteiger partial charge < -0.3 is 9.47 Å². The number of ether oxygens (including phenoxy) is 2. The Hall–Kier alpha value is -6.00. The fourth-order valence-electron chi connectivity index (χ4n) is 8.14. The molecule has 1 unspecified atom stereocenters. The molecule has 248 valence electrons. The highest BCUT2D eigenvalue weighted by Crippen LogP contribution is 2.58. The van der Waals surface area contributed by atoms with Crippen molar-refractivity contribution in [3.63, 3.8) is 0 Å². The number of hydrogen-bond acceptors (Lipinski definition) is 2. The van der Waals surface area contributed by atoms with Gasteiger partial charge in [-0.1, -0.05) is 123 Å². The molecule has 7 aromatic carbocycles. The summed E-state index contributed by atoms with van der Waals surface area (Å²) in [5.74, 6) is 0.709. The third-order valence-corrected chi connectivity index (χ3v) is 10.7. The summed E-state index contributed by atoms with van der Waals surface area (Å²) in [5, 5.41) is 1.55. The van der Waals surface area contributed by atoms with Crippen LogP contribution in [-0.4, -0.2) is 7.11 Å². The van der Waals surface area contributed by atoms with Gasteiger partial charge in [0.15, 0.2) is 5.60 Å². The molecule has 9 rings (SSSR count). The number of fused-ring (bicyclic) bond motifs is 8. The first-order valence-corrected chi connectivity index (χ1v) is 17.2. The zero-order chi connectivity index (χ0) is 34.9. The zero-order valence-corrected chi connectivity index (χ0v) is 28.5. The van der Waals surface area contributed by atoms with E-state index in [1.54, 1.807) is 19.2 Å². The van der Waals surface area contributed by atoms with Crippen LogP contribution in [-0.2, 0) is 11.0 Å². The van der Waals surface area contributed by atoms with E-state index in [1.807, 2.05) is 54.6 Å². The maximum absolute atomic E-state index is 15.2. The van der Waals surface area contributed by atoms with Crippen molar-refractivity contribution in [1.82, 2.24) is 0 Å². The maximum atomic E-state index is 15.2. The topological polar surface area (TPSA) is 18.5 Å². The summed E-state index contributed by atoms with van der Waals surface area (Å²) in [6.07, 6.45) is 4.22. The molecule has 0 aromatic heterocycles. The van der Waals surface area contributed by atoms with E-state index in [1.165, 1.54) is 23.3 Å². The molecular formula is C47H34F2O2. The number of methoxy groups -OCH3 is 1. The highest BCUT2D eigenvalue weighted by Gasteiger charge is 2.44. The van der Waals surface area contributed by atoms with Crippen LogP contribution < -0.4 is 9.47 Å². The van der Waals surface area contributed by atoms with E-state index in [9.17, 15) is 4.39 Å². The number of rotatable bonds is 5. The lowest BCUT2D eigenvalue weighted by Crippen LogP contribution is -2.35. The summed E-state index contributed by atoms with van der Waals surface area (Å²) < 4.78 is 42.7. The van der Waals surface area contributed by atoms with Crippen molar-refractivity contribution in [3.8, 4) is 44.9 Å². The minimum absolute atomic E-state index is 0.278. The molecule has 0 bridgehead atoms. The first kappa shape index (κ1) is 31.0. The molecule has 0 spiro atoms. The molecule has 1 aliphatic heterocycles. The van der Waals surface area contributed by atoms with Gasteiger partial charge in [0.25, 0.3) is 0 Å². The zero-order valence-electron chi connectivity index (χ0n) is 28.5. The SMILES string of the molecule is COc1ccc(C2(c3ccc(-c4ccc(-c5ccccc5)cc4)cc3)C=Cc3c4c(c5ccc(F)cc5c3O2)-c2ccc(F)cc2C4(C)C)cc1. The second-order valence-electron chi connectivity index (χ2n) is 13.9. The fourth-order valence-corrected chi connectivity index (χ4v) is 8.14. The van der Waals surface area contributed by atoms with Crippen molar-refractivity contribution in [2.24, 2.45) is 0 Å². The summed E-state index contributed by atoms with van der Waals surface area (Å²) in [4.78, 5) is 0. The largest absolute Gasteiger partial charge is 0.497 e.